The molecular weight excluding hydrogens is 370 g/mol. The van der Waals surface area contributed by atoms with Crippen molar-refractivity contribution in [1.29, 1.82) is 0 Å². The summed E-state index contributed by atoms with van der Waals surface area (Å²) in [7, 11) is 0. The Morgan fingerprint density at radius 3 is 2.83 bits per heavy atom. The molecule has 8 nitrogen and oxygen atoms in total. The summed E-state index contributed by atoms with van der Waals surface area (Å²) in [5.74, 6) is -0.425. The Labute approximate surface area is 167 Å². The minimum atomic E-state index is -0.280. The highest BCUT2D eigenvalue weighted by atomic mass is 16.2. The highest BCUT2D eigenvalue weighted by Crippen LogP contribution is 2.13. The zero-order valence-electron chi connectivity index (χ0n) is 16.0. The molecule has 3 heterocycles. The van der Waals surface area contributed by atoms with E-state index < -0.39 is 0 Å². The molecule has 1 saturated heterocycles. The molecule has 0 radical (unpaired) electrons. The number of carbonyl (C=O) groups is 2. The van der Waals surface area contributed by atoms with Gasteiger partial charge in [-0.1, -0.05) is 18.2 Å². The van der Waals surface area contributed by atoms with Crippen LogP contribution in [0.25, 0.3) is 10.9 Å². The van der Waals surface area contributed by atoms with Crippen molar-refractivity contribution in [1.82, 2.24) is 24.8 Å². The van der Waals surface area contributed by atoms with Crippen LogP contribution in [0.4, 0.5) is 0 Å². The molecule has 0 aliphatic carbocycles. The zero-order chi connectivity index (χ0) is 20.4. The lowest BCUT2D eigenvalue weighted by molar-refractivity contribution is -0.122. The maximum Gasteiger partial charge on any atom is 0.272 e. The predicted molar refractivity (Wildman–Crippen MR) is 107 cm³/mol. The van der Waals surface area contributed by atoms with Gasteiger partial charge in [-0.15, -0.1) is 0 Å². The summed E-state index contributed by atoms with van der Waals surface area (Å²) in [4.78, 5) is 47.6. The summed E-state index contributed by atoms with van der Waals surface area (Å²) in [6.07, 6.45) is 3.65. The number of hydrogen-bond donors (Lipinski definition) is 1. The first-order valence-corrected chi connectivity index (χ1v) is 9.47. The number of benzene rings is 1. The average Bonchev–Trinajstić information content (AvgIpc) is 3.19. The van der Waals surface area contributed by atoms with E-state index in [0.717, 1.165) is 5.56 Å². The van der Waals surface area contributed by atoms with Gasteiger partial charge < -0.3 is 10.2 Å². The Balaban J connectivity index is 1.40. The summed E-state index contributed by atoms with van der Waals surface area (Å²) < 4.78 is 1.31. The van der Waals surface area contributed by atoms with Gasteiger partial charge in [-0.2, -0.15) is 0 Å². The number of likely N-dealkylation sites (tertiary alicyclic amines) is 1. The van der Waals surface area contributed by atoms with Crippen molar-refractivity contribution in [2.24, 2.45) is 0 Å². The van der Waals surface area contributed by atoms with E-state index in [-0.39, 0.29) is 30.0 Å². The molecule has 0 bridgehead atoms. The predicted octanol–water partition coefficient (Wildman–Crippen LogP) is 1.13. The molecule has 1 atom stereocenters. The molecule has 29 heavy (non-hydrogen) atoms. The average molecular weight is 391 g/mol. The number of hydrogen-bond acceptors (Lipinski definition) is 5. The van der Waals surface area contributed by atoms with Crippen molar-refractivity contribution in [2.45, 2.75) is 25.9 Å². The highest BCUT2D eigenvalue weighted by Gasteiger charge is 2.28. The van der Waals surface area contributed by atoms with Gasteiger partial charge in [0, 0.05) is 25.3 Å². The van der Waals surface area contributed by atoms with E-state index in [2.05, 4.69) is 15.3 Å². The molecular formula is C21H21N5O3. The van der Waals surface area contributed by atoms with E-state index in [1.54, 1.807) is 41.4 Å². The van der Waals surface area contributed by atoms with Gasteiger partial charge >= 0.3 is 0 Å². The summed E-state index contributed by atoms with van der Waals surface area (Å²) in [6, 6.07) is 10.5. The maximum absolute atomic E-state index is 12.6. The first-order chi connectivity index (χ1) is 14.0. The molecule has 1 N–H and O–H groups in total. The van der Waals surface area contributed by atoms with Crippen LogP contribution in [-0.2, 0) is 11.3 Å². The third kappa shape index (κ3) is 3.87. The summed E-state index contributed by atoms with van der Waals surface area (Å²) >= 11 is 0. The van der Waals surface area contributed by atoms with Crippen LogP contribution < -0.4 is 10.9 Å². The van der Waals surface area contributed by atoms with Crippen LogP contribution in [0.15, 0.2) is 53.7 Å². The molecule has 0 saturated carbocycles. The number of para-hydroxylation sites is 1. The normalized spacial score (nSPS) is 16.2. The van der Waals surface area contributed by atoms with Crippen LogP contribution in [0.2, 0.25) is 0 Å². The van der Waals surface area contributed by atoms with Gasteiger partial charge in [-0.25, -0.2) is 4.98 Å². The number of amides is 2. The van der Waals surface area contributed by atoms with Gasteiger partial charge in [0.15, 0.2) is 0 Å². The van der Waals surface area contributed by atoms with E-state index in [1.807, 2.05) is 13.0 Å². The van der Waals surface area contributed by atoms with Crippen LogP contribution >= 0.6 is 0 Å². The van der Waals surface area contributed by atoms with Crippen molar-refractivity contribution >= 4 is 22.7 Å². The van der Waals surface area contributed by atoms with Gasteiger partial charge in [0.2, 0.25) is 5.91 Å². The number of aryl methyl sites for hydroxylation is 1. The second-order valence-corrected chi connectivity index (χ2v) is 7.17. The van der Waals surface area contributed by atoms with Gasteiger partial charge in [0.1, 0.15) is 12.2 Å². The lowest BCUT2D eigenvalue weighted by Crippen LogP contribution is -2.41. The van der Waals surface area contributed by atoms with E-state index in [0.29, 0.717) is 36.1 Å². The number of rotatable bonds is 4. The zero-order valence-corrected chi connectivity index (χ0v) is 16.0. The summed E-state index contributed by atoms with van der Waals surface area (Å²) in [6.45, 7) is 2.76. The lowest BCUT2D eigenvalue weighted by atomic mass is 10.1. The molecule has 1 aliphatic rings. The standard InChI is InChI=1S/C21H21N5O3/c1-14-5-4-6-16-19(14)23-13-26(20(16)28)12-18(27)24-15-8-10-25(11-15)21(29)17-7-2-3-9-22-17/h2-7,9,13,15H,8,10-12H2,1H3,(H,24,27)/t15-/m0/s1. The Bertz CT molecular complexity index is 1130. The van der Waals surface area contributed by atoms with Crippen molar-refractivity contribution in [2.75, 3.05) is 13.1 Å². The topological polar surface area (TPSA) is 97.2 Å². The van der Waals surface area contributed by atoms with E-state index >= 15 is 0 Å². The molecule has 2 amide bonds. The van der Waals surface area contributed by atoms with E-state index in [1.165, 1.54) is 10.9 Å². The summed E-state index contributed by atoms with van der Waals surface area (Å²) in [5.41, 5.74) is 1.71. The fraction of sp³-hybridized carbons (Fsp3) is 0.286. The molecule has 148 valence electrons. The number of fused-ring (bicyclic) bond motifs is 1. The third-order valence-corrected chi connectivity index (χ3v) is 5.09. The molecule has 1 aromatic carbocycles. The number of pyridine rings is 1. The highest BCUT2D eigenvalue weighted by molar-refractivity contribution is 5.92. The fourth-order valence-electron chi connectivity index (χ4n) is 3.59. The van der Waals surface area contributed by atoms with E-state index in [9.17, 15) is 14.4 Å². The lowest BCUT2D eigenvalue weighted by Gasteiger charge is -2.17. The minimum absolute atomic E-state index is 0.111. The van der Waals surface area contributed by atoms with Crippen LogP contribution in [0.3, 0.4) is 0 Å². The van der Waals surface area contributed by atoms with Crippen LogP contribution in [-0.4, -0.2) is 50.4 Å². The van der Waals surface area contributed by atoms with Gasteiger partial charge in [-0.05, 0) is 37.1 Å². The Morgan fingerprint density at radius 2 is 2.03 bits per heavy atom. The Kier molecular flexibility index (Phi) is 5.07. The maximum atomic E-state index is 12.6. The van der Waals surface area contributed by atoms with E-state index in [4.69, 9.17) is 0 Å². The summed E-state index contributed by atoms with van der Waals surface area (Å²) in [5, 5.41) is 3.40. The molecule has 0 unspecified atom stereocenters. The van der Waals surface area contributed by atoms with Gasteiger partial charge in [-0.3, -0.25) is 23.9 Å². The Morgan fingerprint density at radius 1 is 1.17 bits per heavy atom. The van der Waals surface area contributed by atoms with Crippen molar-refractivity contribution in [3.05, 3.63) is 70.5 Å². The molecule has 1 aliphatic heterocycles. The second kappa shape index (κ2) is 7.83. The van der Waals surface area contributed by atoms with Crippen molar-refractivity contribution in [3.63, 3.8) is 0 Å². The van der Waals surface area contributed by atoms with Crippen molar-refractivity contribution < 1.29 is 9.59 Å². The van der Waals surface area contributed by atoms with Crippen molar-refractivity contribution in [3.8, 4) is 0 Å². The number of carbonyl (C=O) groups excluding carboxylic acids is 2. The smallest absolute Gasteiger partial charge is 0.272 e. The molecule has 1 fully saturated rings. The molecule has 2 aromatic heterocycles. The quantitative estimate of drug-likeness (QED) is 0.719. The molecule has 4 rings (SSSR count). The SMILES string of the molecule is Cc1cccc2c(=O)n(CC(=O)N[C@H]3CCN(C(=O)c4ccccn4)C3)cnc12. The molecule has 8 heteroatoms. The first-order valence-electron chi connectivity index (χ1n) is 9.47. The van der Waals surface area contributed by atoms with Crippen LogP contribution in [0.5, 0.6) is 0 Å². The first kappa shape index (κ1) is 18.8. The largest absolute Gasteiger partial charge is 0.350 e. The number of nitrogens with zero attached hydrogens (tertiary/aromatic N) is 4. The monoisotopic (exact) mass is 391 g/mol. The van der Waals surface area contributed by atoms with Crippen LogP contribution in [0, 0.1) is 6.92 Å². The molecule has 0 spiro atoms. The number of nitrogens with one attached hydrogen (secondary N) is 1. The fourth-order valence-corrected chi connectivity index (χ4v) is 3.59. The Hall–Kier alpha value is -3.55. The third-order valence-electron chi connectivity index (χ3n) is 5.09. The second-order valence-electron chi connectivity index (χ2n) is 7.17. The molecule has 3 aromatic rings. The minimum Gasteiger partial charge on any atom is -0.350 e. The van der Waals surface area contributed by atoms with Gasteiger partial charge in [0.05, 0.1) is 17.2 Å². The van der Waals surface area contributed by atoms with Gasteiger partial charge in [0.25, 0.3) is 11.5 Å². The van der Waals surface area contributed by atoms with Crippen LogP contribution in [0.1, 0.15) is 22.5 Å². The number of aromatic nitrogens is 3.